The first-order valence-corrected chi connectivity index (χ1v) is 8.72. The molecule has 0 aliphatic rings. The lowest BCUT2D eigenvalue weighted by Gasteiger charge is -2.18. The number of hydrogen-bond donors (Lipinski definition) is 1. The SMILES string of the molecule is Fc1ccc([C@@H](CCNCc2ccccn2)c2ccc(Cl)cc2)cc1. The zero-order valence-corrected chi connectivity index (χ0v) is 14.6. The molecule has 25 heavy (non-hydrogen) atoms. The van der Waals surface area contributed by atoms with Gasteiger partial charge in [0.15, 0.2) is 0 Å². The van der Waals surface area contributed by atoms with Gasteiger partial charge in [-0.05, 0) is 60.5 Å². The van der Waals surface area contributed by atoms with Crippen molar-refractivity contribution in [2.45, 2.75) is 18.9 Å². The molecule has 0 radical (unpaired) electrons. The average molecular weight is 355 g/mol. The van der Waals surface area contributed by atoms with Crippen LogP contribution in [-0.2, 0) is 6.54 Å². The molecule has 0 fully saturated rings. The Balaban J connectivity index is 1.68. The van der Waals surface area contributed by atoms with E-state index < -0.39 is 0 Å². The first-order valence-electron chi connectivity index (χ1n) is 8.34. The van der Waals surface area contributed by atoms with E-state index in [1.165, 1.54) is 17.7 Å². The van der Waals surface area contributed by atoms with Crippen LogP contribution < -0.4 is 5.32 Å². The minimum Gasteiger partial charge on any atom is -0.311 e. The highest BCUT2D eigenvalue weighted by atomic mass is 35.5. The number of pyridine rings is 1. The largest absolute Gasteiger partial charge is 0.311 e. The van der Waals surface area contributed by atoms with Crippen LogP contribution in [0.25, 0.3) is 0 Å². The summed E-state index contributed by atoms with van der Waals surface area (Å²) in [6, 6.07) is 20.5. The lowest BCUT2D eigenvalue weighted by Crippen LogP contribution is -2.18. The summed E-state index contributed by atoms with van der Waals surface area (Å²) in [5.74, 6) is -0.0269. The van der Waals surface area contributed by atoms with E-state index in [-0.39, 0.29) is 11.7 Å². The first-order chi connectivity index (χ1) is 12.2. The van der Waals surface area contributed by atoms with Gasteiger partial charge in [-0.25, -0.2) is 4.39 Å². The van der Waals surface area contributed by atoms with Gasteiger partial charge in [0.05, 0.1) is 5.69 Å². The van der Waals surface area contributed by atoms with Crippen LogP contribution in [0.5, 0.6) is 0 Å². The Morgan fingerprint density at radius 3 is 2.24 bits per heavy atom. The summed E-state index contributed by atoms with van der Waals surface area (Å²) in [6.45, 7) is 1.57. The van der Waals surface area contributed by atoms with Crippen LogP contribution in [0.2, 0.25) is 5.02 Å². The summed E-state index contributed by atoms with van der Waals surface area (Å²) in [7, 11) is 0. The number of nitrogens with one attached hydrogen (secondary N) is 1. The van der Waals surface area contributed by atoms with E-state index in [9.17, 15) is 4.39 Å². The maximum atomic E-state index is 13.3. The predicted octanol–water partition coefficient (Wildman–Crippen LogP) is 5.19. The molecule has 0 amide bonds. The molecule has 0 saturated carbocycles. The zero-order valence-electron chi connectivity index (χ0n) is 13.8. The average Bonchev–Trinajstić information content (AvgIpc) is 2.65. The lowest BCUT2D eigenvalue weighted by molar-refractivity contribution is 0.601. The fourth-order valence-corrected chi connectivity index (χ4v) is 3.01. The Kier molecular flexibility index (Phi) is 6.15. The fourth-order valence-electron chi connectivity index (χ4n) is 2.88. The molecule has 0 aliphatic carbocycles. The number of rotatable bonds is 7. The van der Waals surface area contributed by atoms with Crippen LogP contribution in [0.15, 0.2) is 72.9 Å². The summed E-state index contributed by atoms with van der Waals surface area (Å²) in [6.07, 6.45) is 2.70. The van der Waals surface area contributed by atoms with Crippen LogP contribution in [0, 0.1) is 5.82 Å². The van der Waals surface area contributed by atoms with Gasteiger partial charge in [0.1, 0.15) is 5.82 Å². The van der Waals surface area contributed by atoms with Crippen molar-refractivity contribution >= 4 is 11.6 Å². The third-order valence-corrected chi connectivity index (χ3v) is 4.44. The van der Waals surface area contributed by atoms with E-state index >= 15 is 0 Å². The third-order valence-electron chi connectivity index (χ3n) is 4.19. The fraction of sp³-hybridized carbons (Fsp3) is 0.190. The summed E-state index contributed by atoms with van der Waals surface area (Å²) in [5, 5.41) is 4.15. The predicted molar refractivity (Wildman–Crippen MR) is 100 cm³/mol. The van der Waals surface area contributed by atoms with Crippen molar-refractivity contribution in [1.82, 2.24) is 10.3 Å². The van der Waals surface area contributed by atoms with Gasteiger partial charge in [0.25, 0.3) is 0 Å². The maximum Gasteiger partial charge on any atom is 0.123 e. The molecule has 1 N–H and O–H groups in total. The topological polar surface area (TPSA) is 24.9 Å². The molecule has 0 bridgehead atoms. The highest BCUT2D eigenvalue weighted by Crippen LogP contribution is 2.28. The summed E-state index contributed by atoms with van der Waals surface area (Å²) in [4.78, 5) is 4.31. The minimum atomic E-state index is -0.216. The summed E-state index contributed by atoms with van der Waals surface area (Å²) < 4.78 is 13.3. The van der Waals surface area contributed by atoms with Crippen LogP contribution in [0.1, 0.15) is 29.2 Å². The molecule has 3 aromatic rings. The molecular weight excluding hydrogens is 335 g/mol. The number of halogens is 2. The molecule has 1 atom stereocenters. The Labute approximate surface area is 152 Å². The van der Waals surface area contributed by atoms with Crippen LogP contribution in [0.3, 0.4) is 0 Å². The molecule has 128 valence electrons. The van der Waals surface area contributed by atoms with Gasteiger partial charge in [0.2, 0.25) is 0 Å². The lowest BCUT2D eigenvalue weighted by atomic mass is 9.88. The van der Waals surface area contributed by atoms with Crippen LogP contribution >= 0.6 is 11.6 Å². The zero-order chi connectivity index (χ0) is 17.5. The molecule has 0 aliphatic heterocycles. The number of nitrogens with zero attached hydrogens (tertiary/aromatic N) is 1. The van der Waals surface area contributed by atoms with Gasteiger partial charge in [-0.3, -0.25) is 4.98 Å². The van der Waals surface area contributed by atoms with Gasteiger partial charge in [-0.15, -0.1) is 0 Å². The molecule has 2 nitrogen and oxygen atoms in total. The highest BCUT2D eigenvalue weighted by molar-refractivity contribution is 6.30. The molecule has 0 unspecified atom stereocenters. The molecular formula is C21H20ClFN2. The van der Waals surface area contributed by atoms with Gasteiger partial charge >= 0.3 is 0 Å². The smallest absolute Gasteiger partial charge is 0.123 e. The Hall–Kier alpha value is -2.23. The van der Waals surface area contributed by atoms with E-state index in [0.717, 1.165) is 35.8 Å². The highest BCUT2D eigenvalue weighted by Gasteiger charge is 2.14. The Bertz CT molecular complexity index is 728. The van der Waals surface area contributed by atoms with E-state index in [1.54, 1.807) is 6.20 Å². The first kappa shape index (κ1) is 17.6. The van der Waals surface area contributed by atoms with Crippen molar-refractivity contribution in [3.05, 3.63) is 101 Å². The van der Waals surface area contributed by atoms with Crippen molar-refractivity contribution in [1.29, 1.82) is 0 Å². The van der Waals surface area contributed by atoms with Crippen LogP contribution in [0.4, 0.5) is 4.39 Å². The summed E-state index contributed by atoms with van der Waals surface area (Å²) >= 11 is 6.01. The Morgan fingerprint density at radius 2 is 1.60 bits per heavy atom. The molecule has 2 aromatic carbocycles. The number of benzene rings is 2. The molecule has 3 rings (SSSR count). The third kappa shape index (κ3) is 5.12. The van der Waals surface area contributed by atoms with Crippen molar-refractivity contribution in [3.63, 3.8) is 0 Å². The van der Waals surface area contributed by atoms with Gasteiger partial charge < -0.3 is 5.32 Å². The van der Waals surface area contributed by atoms with E-state index in [2.05, 4.69) is 10.3 Å². The van der Waals surface area contributed by atoms with E-state index in [1.807, 2.05) is 54.6 Å². The standard InChI is InChI=1S/C21H20ClFN2/c22-18-8-4-16(5-9-18)21(17-6-10-19(23)11-7-17)12-14-24-15-20-3-1-2-13-25-20/h1-11,13,21,24H,12,14-15H2/t21-/m0/s1. The van der Waals surface area contributed by atoms with Crippen molar-refractivity contribution < 1.29 is 4.39 Å². The second-order valence-electron chi connectivity index (χ2n) is 5.94. The second kappa shape index (κ2) is 8.75. The van der Waals surface area contributed by atoms with E-state index in [0.29, 0.717) is 0 Å². The van der Waals surface area contributed by atoms with E-state index in [4.69, 9.17) is 11.6 Å². The normalized spacial score (nSPS) is 12.1. The number of aromatic nitrogens is 1. The van der Waals surface area contributed by atoms with Crippen LogP contribution in [-0.4, -0.2) is 11.5 Å². The quantitative estimate of drug-likeness (QED) is 0.591. The number of hydrogen-bond acceptors (Lipinski definition) is 2. The molecule has 1 aromatic heterocycles. The van der Waals surface area contributed by atoms with Crippen molar-refractivity contribution in [2.24, 2.45) is 0 Å². The monoisotopic (exact) mass is 354 g/mol. The van der Waals surface area contributed by atoms with Gasteiger partial charge in [-0.1, -0.05) is 41.9 Å². The molecule has 0 spiro atoms. The molecule has 1 heterocycles. The Morgan fingerprint density at radius 1 is 0.920 bits per heavy atom. The molecule has 0 saturated heterocycles. The van der Waals surface area contributed by atoms with Gasteiger partial charge in [0, 0.05) is 23.7 Å². The second-order valence-corrected chi connectivity index (χ2v) is 6.38. The maximum absolute atomic E-state index is 13.3. The van der Waals surface area contributed by atoms with Gasteiger partial charge in [-0.2, -0.15) is 0 Å². The van der Waals surface area contributed by atoms with Crippen molar-refractivity contribution in [3.8, 4) is 0 Å². The summed E-state index contributed by atoms with van der Waals surface area (Å²) in [5.41, 5.74) is 3.30. The minimum absolute atomic E-state index is 0.189. The molecule has 4 heteroatoms. The van der Waals surface area contributed by atoms with Crippen molar-refractivity contribution in [2.75, 3.05) is 6.54 Å².